The van der Waals surface area contributed by atoms with Gasteiger partial charge in [-0.2, -0.15) is 0 Å². The molecule has 1 unspecified atom stereocenters. The summed E-state index contributed by atoms with van der Waals surface area (Å²) in [5.41, 5.74) is 4.72. The normalized spacial score (nSPS) is 25.1. The second kappa shape index (κ2) is 29.2. The van der Waals surface area contributed by atoms with Crippen LogP contribution >= 0.6 is 11.6 Å². The smallest absolute Gasteiger partial charge is 0.409 e. The molecular formula is C59H77ClN10O17. The van der Waals surface area contributed by atoms with Crippen molar-refractivity contribution in [1.29, 1.82) is 0 Å². The number of aliphatic hydroxyl groups is 2. The number of aromatic nitrogens is 1. The van der Waals surface area contributed by atoms with E-state index in [2.05, 4.69) is 36.9 Å². The van der Waals surface area contributed by atoms with E-state index in [9.17, 15) is 53.4 Å². The monoisotopic (exact) mass is 1230 g/mol. The molecule has 9 amide bonds. The number of imide groups is 1. The highest BCUT2D eigenvalue weighted by molar-refractivity contribution is 6.35. The van der Waals surface area contributed by atoms with Crippen molar-refractivity contribution in [3.63, 3.8) is 0 Å². The lowest BCUT2D eigenvalue weighted by molar-refractivity contribution is -0.197. The van der Waals surface area contributed by atoms with Crippen molar-refractivity contribution in [3.8, 4) is 5.75 Å². The molecule has 0 spiro atoms. The summed E-state index contributed by atoms with van der Waals surface area (Å²) in [6.45, 7) is 8.82. The molecule has 1 aromatic heterocycles. The Kier molecular flexibility index (Phi) is 22.3. The largest absolute Gasteiger partial charge is 0.495 e. The topological polar surface area (TPSA) is 370 Å². The number of benzene rings is 2. The average molecular weight is 1230 g/mol. The Bertz CT molecular complexity index is 3150. The van der Waals surface area contributed by atoms with Crippen LogP contribution in [0.3, 0.4) is 0 Å². The number of allylic oxidation sites excluding steroid dienone is 3. The molecule has 472 valence electrons. The van der Waals surface area contributed by atoms with Crippen molar-refractivity contribution in [2.75, 3.05) is 43.3 Å². The first-order valence-electron chi connectivity index (χ1n) is 28.6. The number of urea groups is 1. The molecule has 7 rings (SSSR count). The van der Waals surface area contributed by atoms with Crippen LogP contribution in [0.2, 0.25) is 5.02 Å². The fourth-order valence-electron chi connectivity index (χ4n) is 10.8. The van der Waals surface area contributed by atoms with Gasteiger partial charge >= 0.3 is 18.1 Å². The average Bonchev–Trinajstić information content (AvgIpc) is 1.59. The number of carbonyl (C=O) groups is 9. The number of aliphatic hydroxyl groups excluding tert-OH is 1. The molecule has 0 aliphatic carbocycles. The number of fused-ring (bicyclic) bond motifs is 6. The van der Waals surface area contributed by atoms with E-state index in [-0.39, 0.29) is 92.7 Å². The molecule has 4 aliphatic heterocycles. The maximum atomic E-state index is 14.6. The summed E-state index contributed by atoms with van der Waals surface area (Å²) in [6.07, 6.45) is 0.104. The number of primary amides is 1. The van der Waals surface area contributed by atoms with Crippen LogP contribution < -0.4 is 47.3 Å². The molecule has 0 radical (unpaired) electrons. The molecule has 3 fully saturated rings. The van der Waals surface area contributed by atoms with Gasteiger partial charge in [-0.3, -0.25) is 39.1 Å². The number of amides is 9. The van der Waals surface area contributed by atoms with Gasteiger partial charge in [-0.25, -0.2) is 14.4 Å². The molecule has 27 nitrogen and oxygen atoms in total. The van der Waals surface area contributed by atoms with Gasteiger partial charge < -0.3 is 76.0 Å². The number of anilines is 3. The minimum absolute atomic E-state index is 0.000382. The molecule has 28 heteroatoms. The number of pyridine rings is 1. The van der Waals surface area contributed by atoms with E-state index in [0.717, 1.165) is 11.1 Å². The number of methoxy groups -OCH3 is 2. The van der Waals surface area contributed by atoms with E-state index < -0.39 is 120 Å². The second-order valence-corrected chi connectivity index (χ2v) is 22.9. The summed E-state index contributed by atoms with van der Waals surface area (Å²) >= 11 is 6.88. The van der Waals surface area contributed by atoms with Crippen molar-refractivity contribution in [3.05, 3.63) is 77.0 Å². The Hall–Kier alpha value is -7.95. The zero-order valence-electron chi connectivity index (χ0n) is 49.8. The highest BCUT2D eigenvalue weighted by Crippen LogP contribution is 2.49. The Balaban J connectivity index is 1.08. The Labute approximate surface area is 507 Å². The van der Waals surface area contributed by atoms with Crippen molar-refractivity contribution >= 4 is 93.1 Å². The van der Waals surface area contributed by atoms with Crippen molar-refractivity contribution < 1.29 is 81.9 Å². The summed E-state index contributed by atoms with van der Waals surface area (Å²) in [5, 5.41) is 41.1. The zero-order chi connectivity index (χ0) is 63.5. The van der Waals surface area contributed by atoms with Crippen molar-refractivity contribution in [2.45, 2.75) is 159 Å². The number of alkyl carbamates (subject to hydrolysis) is 1. The van der Waals surface area contributed by atoms with Gasteiger partial charge in [0.15, 0.2) is 5.72 Å². The Morgan fingerprint density at radius 1 is 0.977 bits per heavy atom. The third-order valence-corrected chi connectivity index (χ3v) is 16.0. The molecule has 4 bridgehead atoms. The fraction of sp³-hybridized carbons (Fsp3) is 0.525. The molecule has 2 aromatic carbocycles. The van der Waals surface area contributed by atoms with Crippen LogP contribution in [0.1, 0.15) is 104 Å². The van der Waals surface area contributed by atoms with Gasteiger partial charge in [0.1, 0.15) is 46.8 Å². The number of nitrogens with one attached hydrogen (secondary N) is 6. The van der Waals surface area contributed by atoms with Gasteiger partial charge in [-0.15, -0.1) is 5.06 Å². The summed E-state index contributed by atoms with van der Waals surface area (Å²) < 4.78 is 29.8. The van der Waals surface area contributed by atoms with Gasteiger partial charge in [-0.1, -0.05) is 56.2 Å². The minimum atomic E-state index is -1.91. The predicted molar refractivity (Wildman–Crippen MR) is 315 cm³/mol. The fourth-order valence-corrected chi connectivity index (χ4v) is 11.1. The predicted octanol–water partition coefficient (Wildman–Crippen LogP) is 4.26. The second-order valence-electron chi connectivity index (χ2n) is 22.5. The number of ether oxygens (including phenoxy) is 5. The maximum Gasteiger partial charge on any atom is 0.409 e. The lowest BCUT2D eigenvalue weighted by Crippen LogP contribution is -2.63. The number of halogens is 1. The third-order valence-electron chi connectivity index (χ3n) is 15.7. The van der Waals surface area contributed by atoms with Gasteiger partial charge in [0.25, 0.3) is 11.8 Å². The number of hydroxylamine groups is 2. The minimum Gasteiger partial charge on any atom is -0.495 e. The quantitative estimate of drug-likeness (QED) is 0.0294. The molecule has 10 atom stereocenters. The van der Waals surface area contributed by atoms with E-state index >= 15 is 0 Å². The highest BCUT2D eigenvalue weighted by Gasteiger charge is 2.64. The van der Waals surface area contributed by atoms with Crippen LogP contribution in [0.5, 0.6) is 5.75 Å². The number of hydrogen-bond donors (Lipinski definition) is 9. The zero-order valence-corrected chi connectivity index (χ0v) is 50.5. The van der Waals surface area contributed by atoms with Crippen LogP contribution in [0.4, 0.5) is 26.7 Å². The lowest BCUT2D eigenvalue weighted by Gasteiger charge is -2.42. The van der Waals surface area contributed by atoms with Gasteiger partial charge in [0, 0.05) is 76.0 Å². The number of nitrogens with two attached hydrogens (primary N) is 1. The first kappa shape index (κ1) is 66.6. The van der Waals surface area contributed by atoms with Crippen LogP contribution in [0, 0.1) is 11.8 Å². The molecule has 3 saturated heterocycles. The molecule has 4 aliphatic rings. The van der Waals surface area contributed by atoms with E-state index in [4.69, 9.17) is 45.9 Å². The van der Waals surface area contributed by atoms with E-state index in [0.29, 0.717) is 28.3 Å². The van der Waals surface area contributed by atoms with Crippen molar-refractivity contribution in [1.82, 2.24) is 31.3 Å². The number of epoxide rings is 1. The lowest BCUT2D eigenvalue weighted by atomic mass is 9.83. The summed E-state index contributed by atoms with van der Waals surface area (Å²) in [4.78, 5) is 127. The maximum absolute atomic E-state index is 14.6. The van der Waals surface area contributed by atoms with E-state index in [1.54, 1.807) is 77.2 Å². The highest BCUT2D eigenvalue weighted by atomic mass is 35.5. The Morgan fingerprint density at radius 2 is 1.69 bits per heavy atom. The molecule has 0 saturated carbocycles. The molecule has 10 N–H and O–H groups in total. The standard InChI is InChI=1S/C59H77ClN10O17/c1-31(2)50(67-44(71)18-9-10-19-48(75)87-70-45(72)22-23-46(70)73)54(77)65-38(16-13-25-63-55(61)78)53(76)64-37-21-20-36(35-15-12-24-62-51(35)37)66-56(79)85-43-29-47(74)69(6)39-27-34(28-40(82-7)49(39)60)26-32(3)14-11-17-42(83-8)59(81)30-41(84-57(80)68-59)33(4)52-58(43,5)86-52/h11-12,14-15,17,20-21,24,27-28,31,33,38,41-43,50,52,56,66,79,81H,9-10,13,16,18-19,22-23,25-26,29-30H2,1-8H3,(H,64,76)(H,65,77)(H,67,71)(H,68,80)(H3,61,63,78)/b17-11+,32-14+/t33-,38+,41+,42-,43+,50+,52+,56?,58+,59+/m1/s1. The van der Waals surface area contributed by atoms with E-state index in [1.165, 1.54) is 31.4 Å². The Morgan fingerprint density at radius 3 is 2.38 bits per heavy atom. The number of rotatable bonds is 22. The number of carbonyl (C=O) groups excluding carboxylic acids is 9. The number of unbranched alkanes of at least 4 members (excludes halogenated alkanes) is 1. The number of hydrogen-bond acceptors (Lipinski definition) is 19. The third kappa shape index (κ3) is 16.8. The van der Waals surface area contributed by atoms with Gasteiger partial charge in [0.2, 0.25) is 30.0 Å². The van der Waals surface area contributed by atoms with Gasteiger partial charge in [0.05, 0.1) is 36.5 Å². The van der Waals surface area contributed by atoms with Crippen LogP contribution in [-0.2, 0) is 63.8 Å². The van der Waals surface area contributed by atoms with E-state index in [1.807, 2.05) is 13.0 Å². The summed E-state index contributed by atoms with van der Waals surface area (Å²) in [5.74, 6) is -5.19. The summed E-state index contributed by atoms with van der Waals surface area (Å²) in [7, 11) is 4.42. The molecule has 87 heavy (non-hydrogen) atoms. The molecule has 5 heterocycles. The first-order chi connectivity index (χ1) is 41.2. The first-order valence-corrected chi connectivity index (χ1v) is 29.0. The van der Waals surface area contributed by atoms with Crippen molar-refractivity contribution in [2.24, 2.45) is 17.6 Å². The molecular weight excluding hydrogens is 1160 g/mol. The molecule has 3 aromatic rings. The number of nitrogens with zero attached hydrogens (tertiary/aromatic N) is 3. The summed E-state index contributed by atoms with van der Waals surface area (Å²) in [6, 6.07) is 6.71. The van der Waals surface area contributed by atoms with Crippen LogP contribution in [0.25, 0.3) is 10.9 Å². The van der Waals surface area contributed by atoms with Crippen LogP contribution in [-0.4, -0.2) is 156 Å². The SMILES string of the molecule is COc1cc2cc(c1Cl)N(C)C(=O)C[C@H](OC(O)Nc1ccc(NC(=O)[C@H](CCCNC(N)=O)NC(=O)[C@@H](NC(=O)CCCCC(=O)ON3C(=O)CCC3=O)C(C)C)c3ncccc13)[C@]1(C)O[C@H]1[C@H](C)[C@@H]1C[C@@](O)(NC(=O)O1)[C@H](OC)/C=C/C=C(\C)C2. The van der Waals surface area contributed by atoms with Crippen LogP contribution in [0.15, 0.2) is 66.4 Å². The van der Waals surface area contributed by atoms with Gasteiger partial charge in [-0.05, 0) is 93.8 Å².